The Morgan fingerprint density at radius 3 is 2.79 bits per heavy atom. The fourth-order valence-corrected chi connectivity index (χ4v) is 3.52. The van der Waals surface area contributed by atoms with Crippen LogP contribution in [0.25, 0.3) is 11.0 Å². The van der Waals surface area contributed by atoms with Crippen LogP contribution in [-0.4, -0.2) is 19.2 Å². The highest BCUT2D eigenvalue weighted by molar-refractivity contribution is 6.30. The van der Waals surface area contributed by atoms with E-state index in [9.17, 15) is 0 Å². The van der Waals surface area contributed by atoms with Gasteiger partial charge in [-0.3, -0.25) is 0 Å². The van der Waals surface area contributed by atoms with Gasteiger partial charge < -0.3 is 14.5 Å². The van der Waals surface area contributed by atoms with Gasteiger partial charge in [0.15, 0.2) is 0 Å². The quantitative estimate of drug-likeness (QED) is 0.743. The number of nitrogens with one attached hydrogen (secondary N) is 1. The molecular formula is C20H20ClNO2. The maximum absolute atomic E-state index is 6.21. The number of furan rings is 1. The summed E-state index contributed by atoms with van der Waals surface area (Å²) in [5.41, 5.74) is 2.20. The Labute approximate surface area is 146 Å². The average molecular weight is 342 g/mol. The number of ether oxygens (including phenoxy) is 1. The van der Waals surface area contributed by atoms with Crippen molar-refractivity contribution in [2.45, 2.75) is 25.0 Å². The van der Waals surface area contributed by atoms with Crippen molar-refractivity contribution in [3.8, 4) is 0 Å². The van der Waals surface area contributed by atoms with Crippen molar-refractivity contribution in [2.24, 2.45) is 0 Å². The van der Waals surface area contributed by atoms with Crippen LogP contribution in [0.3, 0.4) is 0 Å². The van der Waals surface area contributed by atoms with Gasteiger partial charge in [0.1, 0.15) is 18.0 Å². The van der Waals surface area contributed by atoms with Gasteiger partial charge in [-0.1, -0.05) is 41.9 Å². The Hall–Kier alpha value is -1.81. The van der Waals surface area contributed by atoms with Crippen molar-refractivity contribution in [1.82, 2.24) is 5.32 Å². The number of rotatable bonds is 4. The summed E-state index contributed by atoms with van der Waals surface area (Å²) in [4.78, 5) is 0. The summed E-state index contributed by atoms with van der Waals surface area (Å²) in [7, 11) is 0. The van der Waals surface area contributed by atoms with E-state index in [4.69, 9.17) is 20.8 Å². The average Bonchev–Trinajstić information content (AvgIpc) is 3.04. The van der Waals surface area contributed by atoms with Gasteiger partial charge in [0.25, 0.3) is 0 Å². The highest BCUT2D eigenvalue weighted by atomic mass is 35.5. The lowest BCUT2D eigenvalue weighted by Crippen LogP contribution is -2.40. The summed E-state index contributed by atoms with van der Waals surface area (Å²) in [6.45, 7) is 2.36. The number of piperidine rings is 1. The molecule has 0 saturated carbocycles. The molecule has 0 aliphatic carbocycles. The first-order valence-electron chi connectivity index (χ1n) is 8.35. The second kappa shape index (κ2) is 6.98. The molecule has 3 nitrogen and oxygen atoms in total. The molecule has 0 bridgehead atoms. The van der Waals surface area contributed by atoms with E-state index in [1.54, 1.807) is 0 Å². The van der Waals surface area contributed by atoms with Crippen LogP contribution in [0, 0.1) is 0 Å². The van der Waals surface area contributed by atoms with Crippen LogP contribution in [0.5, 0.6) is 0 Å². The standard InChI is InChI=1S/C20H20ClNO2/c21-16-7-5-14(6-8-16)18-9-10-22-12-20(18)23-13-17-11-15-3-1-2-4-19(15)24-17/h1-8,11,18,20,22H,9-10,12-13H2. The third-order valence-electron chi connectivity index (χ3n) is 4.64. The molecule has 124 valence electrons. The van der Waals surface area contributed by atoms with E-state index in [1.165, 1.54) is 5.56 Å². The second-order valence-electron chi connectivity index (χ2n) is 6.25. The Morgan fingerprint density at radius 2 is 1.96 bits per heavy atom. The lowest BCUT2D eigenvalue weighted by Gasteiger charge is -2.32. The molecule has 1 aliphatic rings. The Morgan fingerprint density at radius 1 is 1.12 bits per heavy atom. The zero-order valence-corrected chi connectivity index (χ0v) is 14.1. The van der Waals surface area contributed by atoms with Crippen molar-refractivity contribution < 1.29 is 9.15 Å². The van der Waals surface area contributed by atoms with E-state index in [0.29, 0.717) is 12.5 Å². The second-order valence-corrected chi connectivity index (χ2v) is 6.69. The Bertz CT molecular complexity index is 779. The highest BCUT2D eigenvalue weighted by Gasteiger charge is 2.27. The molecule has 3 aromatic rings. The SMILES string of the molecule is Clc1ccc(C2CCNCC2OCc2cc3ccccc3o2)cc1. The van der Waals surface area contributed by atoms with Crippen LogP contribution in [0.4, 0.5) is 0 Å². The molecule has 0 amide bonds. The molecule has 1 N–H and O–H groups in total. The minimum atomic E-state index is 0.133. The third-order valence-corrected chi connectivity index (χ3v) is 4.89. The van der Waals surface area contributed by atoms with E-state index in [0.717, 1.165) is 41.3 Å². The van der Waals surface area contributed by atoms with Crippen molar-refractivity contribution in [3.63, 3.8) is 0 Å². The summed E-state index contributed by atoms with van der Waals surface area (Å²) in [6, 6.07) is 18.2. The minimum absolute atomic E-state index is 0.133. The molecule has 2 aromatic carbocycles. The fourth-order valence-electron chi connectivity index (χ4n) is 3.39. The minimum Gasteiger partial charge on any atom is -0.459 e. The molecule has 0 radical (unpaired) electrons. The number of fused-ring (bicyclic) bond motifs is 1. The van der Waals surface area contributed by atoms with Crippen LogP contribution in [-0.2, 0) is 11.3 Å². The number of halogens is 1. The topological polar surface area (TPSA) is 34.4 Å². The lowest BCUT2D eigenvalue weighted by molar-refractivity contribution is 0.00346. The van der Waals surface area contributed by atoms with E-state index in [-0.39, 0.29) is 6.10 Å². The first-order valence-corrected chi connectivity index (χ1v) is 8.72. The zero-order valence-electron chi connectivity index (χ0n) is 13.4. The molecule has 4 rings (SSSR count). The largest absolute Gasteiger partial charge is 0.459 e. The molecule has 2 atom stereocenters. The number of hydrogen-bond donors (Lipinski definition) is 1. The van der Waals surface area contributed by atoms with Gasteiger partial charge in [0, 0.05) is 22.9 Å². The smallest absolute Gasteiger partial charge is 0.134 e. The molecule has 2 heterocycles. The molecule has 1 aliphatic heterocycles. The summed E-state index contributed by atoms with van der Waals surface area (Å²) in [5, 5.41) is 5.32. The molecule has 24 heavy (non-hydrogen) atoms. The van der Waals surface area contributed by atoms with Gasteiger partial charge in [0.2, 0.25) is 0 Å². The van der Waals surface area contributed by atoms with Crippen LogP contribution in [0.2, 0.25) is 5.02 Å². The molecule has 1 fully saturated rings. The van der Waals surface area contributed by atoms with Crippen LogP contribution >= 0.6 is 11.6 Å². The van der Waals surface area contributed by atoms with Crippen molar-refractivity contribution in [1.29, 1.82) is 0 Å². The van der Waals surface area contributed by atoms with Gasteiger partial charge in [-0.05, 0) is 42.8 Å². The zero-order chi connectivity index (χ0) is 16.4. The third kappa shape index (κ3) is 3.34. The highest BCUT2D eigenvalue weighted by Crippen LogP contribution is 2.29. The van der Waals surface area contributed by atoms with Crippen LogP contribution < -0.4 is 5.32 Å². The summed E-state index contributed by atoms with van der Waals surface area (Å²) < 4.78 is 12.1. The van der Waals surface area contributed by atoms with Gasteiger partial charge in [-0.25, -0.2) is 0 Å². The fraction of sp³-hybridized carbons (Fsp3) is 0.300. The van der Waals surface area contributed by atoms with Crippen molar-refractivity contribution in [3.05, 3.63) is 70.9 Å². The van der Waals surface area contributed by atoms with Crippen LogP contribution in [0.1, 0.15) is 23.7 Å². The van der Waals surface area contributed by atoms with Crippen molar-refractivity contribution >= 4 is 22.6 Å². The molecule has 1 saturated heterocycles. The van der Waals surface area contributed by atoms with Gasteiger partial charge in [0.05, 0.1) is 6.10 Å². The first-order chi connectivity index (χ1) is 11.8. The predicted molar refractivity (Wildman–Crippen MR) is 96.5 cm³/mol. The Balaban J connectivity index is 1.47. The van der Waals surface area contributed by atoms with E-state index >= 15 is 0 Å². The normalized spacial score (nSPS) is 21.2. The van der Waals surface area contributed by atoms with Gasteiger partial charge in [-0.15, -0.1) is 0 Å². The van der Waals surface area contributed by atoms with E-state index < -0.39 is 0 Å². The molecule has 1 aromatic heterocycles. The van der Waals surface area contributed by atoms with Crippen molar-refractivity contribution in [2.75, 3.05) is 13.1 Å². The maximum Gasteiger partial charge on any atom is 0.134 e. The molecule has 2 unspecified atom stereocenters. The monoisotopic (exact) mass is 341 g/mol. The Kier molecular flexibility index (Phi) is 4.56. The summed E-state index contributed by atoms with van der Waals surface area (Å²) in [6.07, 6.45) is 1.19. The molecular weight excluding hydrogens is 322 g/mol. The van der Waals surface area contributed by atoms with E-state index in [2.05, 4.69) is 29.6 Å². The van der Waals surface area contributed by atoms with Gasteiger partial charge in [-0.2, -0.15) is 0 Å². The number of benzene rings is 2. The van der Waals surface area contributed by atoms with E-state index in [1.807, 2.05) is 30.3 Å². The number of hydrogen-bond acceptors (Lipinski definition) is 3. The first kappa shape index (κ1) is 15.7. The van der Waals surface area contributed by atoms with Crippen LogP contribution in [0.15, 0.2) is 59.0 Å². The summed E-state index contributed by atoms with van der Waals surface area (Å²) in [5.74, 6) is 1.25. The maximum atomic E-state index is 6.21. The number of para-hydroxylation sites is 1. The lowest BCUT2D eigenvalue weighted by atomic mass is 9.88. The summed E-state index contributed by atoms with van der Waals surface area (Å²) >= 11 is 6.01. The molecule has 0 spiro atoms. The molecule has 4 heteroatoms. The predicted octanol–water partition coefficient (Wildman–Crippen LogP) is 4.75. The van der Waals surface area contributed by atoms with Gasteiger partial charge >= 0.3 is 0 Å².